The Morgan fingerprint density at radius 2 is 1.89 bits per heavy atom. The van der Waals surface area contributed by atoms with Crippen LogP contribution in [0.1, 0.15) is 57.9 Å². The maximum Gasteiger partial charge on any atom is 0.306 e. The topological polar surface area (TPSA) is 94.7 Å². The van der Waals surface area contributed by atoms with Gasteiger partial charge in [0.2, 0.25) is 12.6 Å². The predicted octanol–water partition coefficient (Wildman–Crippen LogP) is 3.31. The molecule has 28 heavy (non-hydrogen) atoms. The summed E-state index contributed by atoms with van der Waals surface area (Å²) in [6, 6.07) is 5.50. The molecule has 0 saturated heterocycles. The third kappa shape index (κ3) is 3.93. The van der Waals surface area contributed by atoms with Gasteiger partial charge in [0.1, 0.15) is 0 Å². The standard InChI is InChI=1S/C21H23NO6/c1-11-19(13(3)23)12(2)22-20(11)21(25)14(4)28-18(24)8-6-15-5-7-16-17(9-15)27-10-26-16/h5,7,9,14,22H,6,8,10H2,1-4H3. The molecule has 2 heterocycles. The average Bonchev–Trinajstić information content (AvgIpc) is 3.22. The highest BCUT2D eigenvalue weighted by Gasteiger charge is 2.26. The summed E-state index contributed by atoms with van der Waals surface area (Å²) in [6.45, 7) is 6.63. The highest BCUT2D eigenvalue weighted by atomic mass is 16.7. The van der Waals surface area contributed by atoms with Gasteiger partial charge in [-0.1, -0.05) is 6.07 Å². The number of aromatic nitrogens is 1. The molecule has 0 saturated carbocycles. The number of rotatable bonds is 7. The molecule has 0 bridgehead atoms. The minimum atomic E-state index is -0.944. The van der Waals surface area contributed by atoms with Crippen molar-refractivity contribution in [1.29, 1.82) is 0 Å². The number of esters is 1. The van der Waals surface area contributed by atoms with Gasteiger partial charge in [-0.05, 0) is 57.4 Å². The van der Waals surface area contributed by atoms with Crippen LogP contribution in [-0.2, 0) is 16.0 Å². The lowest BCUT2D eigenvalue weighted by Gasteiger charge is -2.12. The molecule has 1 aromatic carbocycles. The Labute approximate surface area is 163 Å². The van der Waals surface area contributed by atoms with Gasteiger partial charge in [-0.3, -0.25) is 14.4 Å². The van der Waals surface area contributed by atoms with Gasteiger partial charge in [-0.15, -0.1) is 0 Å². The first-order valence-corrected chi connectivity index (χ1v) is 9.10. The number of aromatic amines is 1. The van der Waals surface area contributed by atoms with Crippen LogP contribution in [0.3, 0.4) is 0 Å². The van der Waals surface area contributed by atoms with Gasteiger partial charge in [0.05, 0.1) is 5.69 Å². The van der Waals surface area contributed by atoms with Crippen LogP contribution in [0, 0.1) is 13.8 Å². The van der Waals surface area contributed by atoms with Gasteiger partial charge in [-0.25, -0.2) is 0 Å². The van der Waals surface area contributed by atoms with Gasteiger partial charge in [0.15, 0.2) is 23.4 Å². The number of benzene rings is 1. The van der Waals surface area contributed by atoms with E-state index in [1.54, 1.807) is 19.9 Å². The number of carbonyl (C=O) groups is 3. The first-order chi connectivity index (χ1) is 13.3. The molecule has 2 aromatic rings. The van der Waals surface area contributed by atoms with Crippen LogP contribution in [-0.4, -0.2) is 35.4 Å². The molecule has 1 aliphatic heterocycles. The number of hydrogen-bond donors (Lipinski definition) is 1. The van der Waals surface area contributed by atoms with Crippen LogP contribution < -0.4 is 9.47 Å². The van der Waals surface area contributed by atoms with Crippen molar-refractivity contribution in [2.45, 2.75) is 46.6 Å². The summed E-state index contributed by atoms with van der Waals surface area (Å²) in [7, 11) is 0. The molecule has 148 valence electrons. The number of H-pyrrole nitrogens is 1. The lowest BCUT2D eigenvalue weighted by molar-refractivity contribution is -0.146. The van der Waals surface area contributed by atoms with E-state index in [0.29, 0.717) is 40.4 Å². The normalized spacial score (nSPS) is 13.3. The molecule has 7 heteroatoms. The fourth-order valence-corrected chi connectivity index (χ4v) is 3.38. The van der Waals surface area contributed by atoms with E-state index in [2.05, 4.69) is 4.98 Å². The Hall–Kier alpha value is -3.09. The highest BCUT2D eigenvalue weighted by molar-refractivity contribution is 6.05. The highest BCUT2D eigenvalue weighted by Crippen LogP contribution is 2.32. The molecule has 3 rings (SSSR count). The molecule has 0 aliphatic carbocycles. The van der Waals surface area contributed by atoms with Crippen LogP contribution in [0.5, 0.6) is 11.5 Å². The molecule has 7 nitrogen and oxygen atoms in total. The number of carbonyl (C=O) groups excluding carboxylic acids is 3. The van der Waals surface area contributed by atoms with E-state index >= 15 is 0 Å². The van der Waals surface area contributed by atoms with E-state index in [4.69, 9.17) is 14.2 Å². The smallest absolute Gasteiger partial charge is 0.306 e. The first kappa shape index (κ1) is 19.7. The molecular formula is C21H23NO6. The van der Waals surface area contributed by atoms with Crippen LogP contribution in [0.2, 0.25) is 0 Å². The van der Waals surface area contributed by atoms with Crippen molar-refractivity contribution >= 4 is 17.5 Å². The maximum absolute atomic E-state index is 12.6. The van der Waals surface area contributed by atoms with E-state index in [-0.39, 0.29) is 24.8 Å². The SMILES string of the molecule is CC(=O)c1c(C)[nH]c(C(=O)C(C)OC(=O)CCc2ccc3c(c2)OCO3)c1C. The second kappa shape index (κ2) is 7.88. The van der Waals surface area contributed by atoms with Crippen LogP contribution >= 0.6 is 0 Å². The average molecular weight is 385 g/mol. The number of ether oxygens (including phenoxy) is 3. The van der Waals surface area contributed by atoms with Crippen molar-refractivity contribution in [3.05, 3.63) is 46.3 Å². The molecule has 1 aromatic heterocycles. The third-order valence-electron chi connectivity index (χ3n) is 4.77. The zero-order valence-electron chi connectivity index (χ0n) is 16.4. The van der Waals surface area contributed by atoms with Crippen molar-refractivity contribution < 1.29 is 28.6 Å². The summed E-state index contributed by atoms with van der Waals surface area (Å²) in [5, 5.41) is 0. The van der Waals surface area contributed by atoms with E-state index in [0.717, 1.165) is 5.56 Å². The van der Waals surface area contributed by atoms with E-state index in [1.807, 2.05) is 12.1 Å². The molecule has 0 amide bonds. The largest absolute Gasteiger partial charge is 0.454 e. The lowest BCUT2D eigenvalue weighted by atomic mass is 10.0. The zero-order chi connectivity index (χ0) is 20.4. The summed E-state index contributed by atoms with van der Waals surface area (Å²) in [5.74, 6) is 0.412. The molecule has 1 aliphatic rings. The summed E-state index contributed by atoms with van der Waals surface area (Å²) in [4.78, 5) is 39.5. The number of fused-ring (bicyclic) bond motifs is 1. The quantitative estimate of drug-likeness (QED) is 0.580. The monoisotopic (exact) mass is 385 g/mol. The molecule has 0 spiro atoms. The zero-order valence-corrected chi connectivity index (χ0v) is 16.4. The van der Waals surface area contributed by atoms with E-state index in [9.17, 15) is 14.4 Å². The van der Waals surface area contributed by atoms with Gasteiger partial charge in [0, 0.05) is 17.7 Å². The van der Waals surface area contributed by atoms with Gasteiger partial charge in [-0.2, -0.15) is 0 Å². The van der Waals surface area contributed by atoms with Crippen molar-refractivity contribution in [3.63, 3.8) is 0 Å². The van der Waals surface area contributed by atoms with Crippen molar-refractivity contribution in [3.8, 4) is 11.5 Å². The minimum absolute atomic E-state index is 0.112. The van der Waals surface area contributed by atoms with Crippen LogP contribution in [0.4, 0.5) is 0 Å². The van der Waals surface area contributed by atoms with Gasteiger partial charge < -0.3 is 19.2 Å². The first-order valence-electron chi connectivity index (χ1n) is 9.10. The van der Waals surface area contributed by atoms with Crippen LogP contribution in [0.15, 0.2) is 18.2 Å². The number of Topliss-reactive ketones (excluding diaryl/α,β-unsaturated/α-hetero) is 2. The second-order valence-electron chi connectivity index (χ2n) is 6.87. The van der Waals surface area contributed by atoms with Gasteiger partial charge in [0.25, 0.3) is 0 Å². The number of ketones is 2. The fraction of sp³-hybridized carbons (Fsp3) is 0.381. The Morgan fingerprint density at radius 1 is 1.18 bits per heavy atom. The molecule has 0 fully saturated rings. The van der Waals surface area contributed by atoms with E-state index in [1.165, 1.54) is 13.8 Å². The summed E-state index contributed by atoms with van der Waals surface area (Å²) < 4.78 is 15.9. The van der Waals surface area contributed by atoms with Crippen molar-refractivity contribution in [2.75, 3.05) is 6.79 Å². The van der Waals surface area contributed by atoms with Crippen LogP contribution in [0.25, 0.3) is 0 Å². The summed E-state index contributed by atoms with van der Waals surface area (Å²) >= 11 is 0. The Bertz CT molecular complexity index is 943. The minimum Gasteiger partial charge on any atom is -0.454 e. The number of aryl methyl sites for hydroxylation is 2. The molecule has 1 N–H and O–H groups in total. The Balaban J connectivity index is 1.59. The van der Waals surface area contributed by atoms with Gasteiger partial charge >= 0.3 is 5.97 Å². The van der Waals surface area contributed by atoms with E-state index < -0.39 is 12.1 Å². The molecule has 1 unspecified atom stereocenters. The maximum atomic E-state index is 12.6. The molecular weight excluding hydrogens is 362 g/mol. The van der Waals surface area contributed by atoms with Crippen molar-refractivity contribution in [1.82, 2.24) is 4.98 Å². The summed E-state index contributed by atoms with van der Waals surface area (Å²) in [6.07, 6.45) is -0.342. The van der Waals surface area contributed by atoms with Crippen molar-refractivity contribution in [2.24, 2.45) is 0 Å². The summed E-state index contributed by atoms with van der Waals surface area (Å²) in [5.41, 5.74) is 2.94. The molecule has 0 radical (unpaired) electrons. The number of hydrogen-bond acceptors (Lipinski definition) is 6. The fourth-order valence-electron chi connectivity index (χ4n) is 3.38. The Morgan fingerprint density at radius 3 is 2.57 bits per heavy atom. The number of nitrogens with one attached hydrogen (secondary N) is 1. The Kier molecular flexibility index (Phi) is 5.53. The third-order valence-corrected chi connectivity index (χ3v) is 4.77. The molecule has 1 atom stereocenters. The second-order valence-corrected chi connectivity index (χ2v) is 6.87. The predicted molar refractivity (Wildman–Crippen MR) is 101 cm³/mol. The lowest BCUT2D eigenvalue weighted by Crippen LogP contribution is -2.25.